The minimum atomic E-state index is -1.09. The molecule has 10 heteroatoms. The van der Waals surface area contributed by atoms with Gasteiger partial charge >= 0.3 is 5.97 Å². The highest BCUT2D eigenvalue weighted by molar-refractivity contribution is 5.86. The fraction of sp³-hybridized carbons (Fsp3) is 0.609. The maximum Gasteiger partial charge on any atom is 0.308 e. The third-order valence-electron chi connectivity index (χ3n) is 4.74. The topological polar surface area (TPSA) is 149 Å². The average Bonchev–Trinajstić information content (AvgIpc) is 2.74. The first-order chi connectivity index (χ1) is 15.4. The maximum absolute atomic E-state index is 12.5. The van der Waals surface area contributed by atoms with Crippen LogP contribution in [0.3, 0.4) is 0 Å². The van der Waals surface area contributed by atoms with Crippen LogP contribution >= 0.6 is 0 Å². The Morgan fingerprint density at radius 2 is 1.88 bits per heavy atom. The summed E-state index contributed by atoms with van der Waals surface area (Å²) in [7, 11) is 1.57. The molecule has 0 radical (unpaired) electrons. The van der Waals surface area contributed by atoms with E-state index in [0.29, 0.717) is 37.2 Å². The molecule has 0 aliphatic rings. The van der Waals surface area contributed by atoms with E-state index in [1.807, 2.05) is 6.92 Å². The number of hydrogen-bond acceptors (Lipinski definition) is 8. The first-order valence-electron chi connectivity index (χ1n) is 11.0. The van der Waals surface area contributed by atoms with Gasteiger partial charge in [-0.1, -0.05) is 6.92 Å². The minimum Gasteiger partial charge on any atom is -0.493 e. The number of nitrogens with zero attached hydrogens (tertiary/aromatic N) is 1. The van der Waals surface area contributed by atoms with E-state index >= 15 is 0 Å². The molecule has 1 unspecified atom stereocenters. The molecule has 10 nitrogen and oxygen atoms in total. The molecular formula is C23H36N4O6. The van der Waals surface area contributed by atoms with Crippen molar-refractivity contribution in [2.75, 3.05) is 13.7 Å². The van der Waals surface area contributed by atoms with Gasteiger partial charge in [-0.25, -0.2) is 0 Å². The van der Waals surface area contributed by atoms with Crippen LogP contribution in [0, 0.1) is 4.91 Å². The van der Waals surface area contributed by atoms with Crippen molar-refractivity contribution in [1.82, 2.24) is 10.6 Å². The Morgan fingerprint density at radius 3 is 2.42 bits per heavy atom. The van der Waals surface area contributed by atoms with Crippen molar-refractivity contribution >= 4 is 23.5 Å². The van der Waals surface area contributed by atoms with Gasteiger partial charge in [0.1, 0.15) is 17.0 Å². The first kappa shape index (κ1) is 28.0. The van der Waals surface area contributed by atoms with Crippen LogP contribution in [-0.4, -0.2) is 43.1 Å². The van der Waals surface area contributed by atoms with Gasteiger partial charge in [0.2, 0.25) is 11.8 Å². The van der Waals surface area contributed by atoms with E-state index in [1.54, 1.807) is 40.8 Å². The summed E-state index contributed by atoms with van der Waals surface area (Å²) in [4.78, 5) is 47.2. The number of amides is 2. The van der Waals surface area contributed by atoms with Crippen LogP contribution in [0.2, 0.25) is 0 Å². The maximum atomic E-state index is 12.5. The molecular weight excluding hydrogens is 428 g/mol. The van der Waals surface area contributed by atoms with E-state index in [4.69, 9.17) is 15.2 Å². The zero-order valence-corrected chi connectivity index (χ0v) is 20.3. The van der Waals surface area contributed by atoms with Gasteiger partial charge in [0, 0.05) is 25.1 Å². The summed E-state index contributed by atoms with van der Waals surface area (Å²) in [5, 5.41) is 8.36. The second kappa shape index (κ2) is 12.9. The highest BCUT2D eigenvalue weighted by atomic mass is 16.6. The Labute approximate surface area is 194 Å². The summed E-state index contributed by atoms with van der Waals surface area (Å²) >= 11 is 0. The molecule has 0 spiro atoms. The van der Waals surface area contributed by atoms with E-state index < -0.39 is 29.6 Å². The predicted octanol–water partition coefficient (Wildman–Crippen LogP) is 2.79. The minimum absolute atomic E-state index is 0.0747. The van der Waals surface area contributed by atoms with Crippen molar-refractivity contribution in [3.05, 3.63) is 28.2 Å². The van der Waals surface area contributed by atoms with Crippen LogP contribution in [0.15, 0.2) is 17.3 Å². The first-order valence-corrected chi connectivity index (χ1v) is 11.0. The highest BCUT2D eigenvalue weighted by Gasteiger charge is 2.25. The van der Waals surface area contributed by atoms with E-state index in [-0.39, 0.29) is 18.0 Å². The molecule has 0 aliphatic carbocycles. The zero-order chi connectivity index (χ0) is 25.2. The summed E-state index contributed by atoms with van der Waals surface area (Å²) in [5.74, 6) is -0.681. The van der Waals surface area contributed by atoms with Gasteiger partial charge in [0.25, 0.3) is 0 Å². The molecule has 33 heavy (non-hydrogen) atoms. The van der Waals surface area contributed by atoms with E-state index in [1.165, 1.54) is 6.07 Å². The lowest BCUT2D eigenvalue weighted by Crippen LogP contribution is -2.43. The molecule has 4 N–H and O–H groups in total. The number of nitrogens with two attached hydrogens (primary N) is 1. The second-order valence-corrected chi connectivity index (χ2v) is 8.72. The SMILES string of the molecule is CCc1cc(C(C)NC(=O)[C@@H](N)CC(=O)OC(C)(C)C)c(N=O)cc1OCCCC(=O)NC. The van der Waals surface area contributed by atoms with Crippen molar-refractivity contribution in [1.29, 1.82) is 0 Å². The molecule has 0 fully saturated rings. The molecule has 1 aromatic carbocycles. The number of aryl methyl sites for hydroxylation is 1. The summed E-state index contributed by atoms with van der Waals surface area (Å²) < 4.78 is 11.0. The number of carbonyl (C=O) groups excluding carboxylic acids is 3. The summed E-state index contributed by atoms with van der Waals surface area (Å²) in [6, 6.07) is 1.62. The largest absolute Gasteiger partial charge is 0.493 e. The highest BCUT2D eigenvalue weighted by Crippen LogP contribution is 2.34. The molecule has 184 valence electrons. The summed E-state index contributed by atoms with van der Waals surface area (Å²) in [6.45, 7) is 9.13. The molecule has 2 atom stereocenters. The number of ether oxygens (including phenoxy) is 2. The van der Waals surface area contributed by atoms with Gasteiger partial charge in [-0.05, 0) is 57.3 Å². The van der Waals surface area contributed by atoms with Crippen LogP contribution in [0.1, 0.15) is 71.0 Å². The number of nitroso groups, excluding NO2 is 1. The number of rotatable bonds is 12. The molecule has 1 rings (SSSR count). The molecule has 1 aromatic rings. The van der Waals surface area contributed by atoms with Crippen LogP contribution in [-0.2, 0) is 25.5 Å². The lowest BCUT2D eigenvalue weighted by molar-refractivity contribution is -0.156. The van der Waals surface area contributed by atoms with Crippen LogP contribution < -0.4 is 21.1 Å². The number of hydrogen-bond donors (Lipinski definition) is 3. The van der Waals surface area contributed by atoms with Crippen LogP contribution in [0.25, 0.3) is 0 Å². The van der Waals surface area contributed by atoms with E-state index in [9.17, 15) is 19.3 Å². The third-order valence-corrected chi connectivity index (χ3v) is 4.74. The standard InChI is InChI=1S/C23H36N4O6/c1-7-15-11-16(18(27-31)13-19(15)32-10-8-9-20(28)25-6)14(2)26-22(30)17(24)12-21(29)33-23(3,4)5/h11,13-14,17H,7-10,12,24H2,1-6H3,(H,25,28)(H,26,30)/t14?,17-/m0/s1. The van der Waals surface area contributed by atoms with Gasteiger partial charge in [-0.15, -0.1) is 4.91 Å². The quantitative estimate of drug-likeness (QED) is 0.244. The smallest absolute Gasteiger partial charge is 0.308 e. The molecule has 0 aromatic heterocycles. The van der Waals surface area contributed by atoms with Crippen LogP contribution in [0.5, 0.6) is 5.75 Å². The summed E-state index contributed by atoms with van der Waals surface area (Å²) in [5.41, 5.74) is 6.66. The Balaban J connectivity index is 2.87. The number of nitrogens with one attached hydrogen (secondary N) is 2. The molecule has 0 saturated carbocycles. The lowest BCUT2D eigenvalue weighted by Gasteiger charge is -2.22. The zero-order valence-electron chi connectivity index (χ0n) is 20.3. The van der Waals surface area contributed by atoms with Gasteiger partial charge < -0.3 is 25.8 Å². The number of benzene rings is 1. The van der Waals surface area contributed by atoms with Crippen molar-refractivity contribution < 1.29 is 23.9 Å². The number of carbonyl (C=O) groups is 3. The molecule has 0 saturated heterocycles. The van der Waals surface area contributed by atoms with Gasteiger partial charge in [-0.2, -0.15) is 0 Å². The normalized spacial score (nSPS) is 12.9. The second-order valence-electron chi connectivity index (χ2n) is 8.72. The average molecular weight is 465 g/mol. The van der Waals surface area contributed by atoms with Crippen molar-refractivity contribution in [3.63, 3.8) is 0 Å². The van der Waals surface area contributed by atoms with Gasteiger partial charge in [-0.3, -0.25) is 14.4 Å². The van der Waals surface area contributed by atoms with Crippen LogP contribution in [0.4, 0.5) is 5.69 Å². The molecule has 0 bridgehead atoms. The Morgan fingerprint density at radius 1 is 1.21 bits per heavy atom. The monoisotopic (exact) mass is 464 g/mol. The van der Waals surface area contributed by atoms with E-state index in [0.717, 1.165) is 5.56 Å². The fourth-order valence-corrected chi connectivity index (χ4v) is 3.06. The van der Waals surface area contributed by atoms with Gasteiger partial charge in [0.05, 0.1) is 25.1 Å². The third kappa shape index (κ3) is 9.56. The van der Waals surface area contributed by atoms with Crippen molar-refractivity contribution in [3.8, 4) is 5.75 Å². The fourth-order valence-electron chi connectivity index (χ4n) is 3.06. The molecule has 2 amide bonds. The Hall–Kier alpha value is -3.01. The van der Waals surface area contributed by atoms with Gasteiger partial charge in [0.15, 0.2) is 0 Å². The van der Waals surface area contributed by atoms with Crippen molar-refractivity contribution in [2.45, 2.75) is 78.0 Å². The van der Waals surface area contributed by atoms with E-state index in [2.05, 4.69) is 15.8 Å². The summed E-state index contributed by atoms with van der Waals surface area (Å²) in [6.07, 6.45) is 1.21. The van der Waals surface area contributed by atoms with Crippen molar-refractivity contribution in [2.24, 2.45) is 10.9 Å². The number of esters is 1. The predicted molar refractivity (Wildman–Crippen MR) is 125 cm³/mol. The molecule has 0 heterocycles. The molecule has 0 aliphatic heterocycles. The Kier molecular flexibility index (Phi) is 10.9. The Bertz CT molecular complexity index is 850. The lowest BCUT2D eigenvalue weighted by atomic mass is 10.00.